The fourth-order valence-corrected chi connectivity index (χ4v) is 5.12. The van der Waals surface area contributed by atoms with Gasteiger partial charge in [0.25, 0.3) is 5.56 Å². The molecule has 1 saturated heterocycles. The zero-order chi connectivity index (χ0) is 23.9. The average molecular weight is 484 g/mol. The zero-order valence-electron chi connectivity index (χ0n) is 19.0. The molecule has 3 aliphatic heterocycles. The number of rotatable bonds is 6. The van der Waals surface area contributed by atoms with E-state index < -0.39 is 11.9 Å². The van der Waals surface area contributed by atoms with Gasteiger partial charge in [-0.25, -0.2) is 4.39 Å². The third-order valence-corrected chi connectivity index (χ3v) is 6.79. The number of fused-ring (bicyclic) bond motifs is 1. The van der Waals surface area contributed by atoms with Crippen LogP contribution in [0.3, 0.4) is 0 Å². The third kappa shape index (κ3) is 4.19. The van der Waals surface area contributed by atoms with E-state index in [0.29, 0.717) is 68.5 Å². The fraction of sp³-hybridized carbons (Fsp3) is 0.458. The van der Waals surface area contributed by atoms with Gasteiger partial charge < -0.3 is 24.6 Å². The number of nitrogens with zero attached hydrogens (tertiary/aromatic N) is 4. The Morgan fingerprint density at radius 2 is 1.97 bits per heavy atom. The predicted octanol–water partition coefficient (Wildman–Crippen LogP) is 0.718. The first-order valence-electron chi connectivity index (χ1n) is 11.7. The number of ether oxygens (including phenoxy) is 3. The molecule has 0 saturated carbocycles. The Hall–Kier alpha value is -3.28. The maximum atomic E-state index is 14.3. The number of β-amino-alcohol motifs (C(OH)–C–C–N with tert-alkyl or cyclic N) is 1. The van der Waals surface area contributed by atoms with E-state index in [4.69, 9.17) is 14.2 Å². The number of hydrogen-bond acceptors (Lipinski definition) is 9. The number of pyridine rings is 3. The van der Waals surface area contributed by atoms with Gasteiger partial charge in [0.15, 0.2) is 23.1 Å². The van der Waals surface area contributed by atoms with Gasteiger partial charge in [-0.3, -0.25) is 24.2 Å². The molecular weight excluding hydrogens is 457 g/mol. The molecule has 35 heavy (non-hydrogen) atoms. The molecule has 1 fully saturated rings. The van der Waals surface area contributed by atoms with Crippen molar-refractivity contribution in [3.05, 3.63) is 52.5 Å². The molecule has 0 spiro atoms. The highest BCUT2D eigenvalue weighted by molar-refractivity contribution is 5.82. The lowest BCUT2D eigenvalue weighted by Crippen LogP contribution is -2.40. The molecular formula is C24H26FN5O5. The number of halogens is 1. The number of likely N-dealkylation sites (tertiary alicyclic amines) is 1. The lowest BCUT2D eigenvalue weighted by atomic mass is 10.1. The molecule has 6 heterocycles. The monoisotopic (exact) mass is 483 g/mol. The quantitative estimate of drug-likeness (QED) is 0.524. The molecule has 0 aliphatic carbocycles. The largest absolute Gasteiger partial charge is 0.486 e. The highest BCUT2D eigenvalue weighted by Crippen LogP contribution is 2.33. The van der Waals surface area contributed by atoms with Gasteiger partial charge in [0.05, 0.1) is 35.8 Å². The summed E-state index contributed by atoms with van der Waals surface area (Å²) >= 11 is 0. The van der Waals surface area contributed by atoms with Crippen LogP contribution in [0.2, 0.25) is 0 Å². The molecule has 0 unspecified atom stereocenters. The smallest absolute Gasteiger partial charge is 0.251 e. The van der Waals surface area contributed by atoms with E-state index in [1.54, 1.807) is 16.8 Å². The van der Waals surface area contributed by atoms with E-state index in [-0.39, 0.29) is 29.9 Å². The molecule has 0 amide bonds. The Morgan fingerprint density at radius 3 is 2.86 bits per heavy atom. The first-order valence-corrected chi connectivity index (χ1v) is 11.7. The predicted molar refractivity (Wildman–Crippen MR) is 123 cm³/mol. The van der Waals surface area contributed by atoms with E-state index in [0.717, 1.165) is 11.9 Å². The van der Waals surface area contributed by atoms with Gasteiger partial charge in [0.2, 0.25) is 0 Å². The summed E-state index contributed by atoms with van der Waals surface area (Å²) in [6.07, 6.45) is 2.28. The van der Waals surface area contributed by atoms with Crippen molar-refractivity contribution in [1.82, 2.24) is 24.8 Å². The summed E-state index contributed by atoms with van der Waals surface area (Å²) in [6.45, 7) is 4.05. The lowest BCUT2D eigenvalue weighted by molar-refractivity contribution is 0.134. The molecule has 11 heteroatoms. The van der Waals surface area contributed by atoms with Crippen LogP contribution < -0.4 is 25.1 Å². The molecule has 0 aromatic carbocycles. The van der Waals surface area contributed by atoms with Gasteiger partial charge in [0, 0.05) is 50.8 Å². The average Bonchev–Trinajstić information content (AvgIpc) is 3.21. The highest BCUT2D eigenvalue weighted by Gasteiger charge is 2.34. The molecule has 2 N–H and O–H groups in total. The Balaban J connectivity index is 1.09. The molecule has 3 aromatic heterocycles. The van der Waals surface area contributed by atoms with Crippen molar-refractivity contribution < 1.29 is 23.7 Å². The van der Waals surface area contributed by atoms with E-state index >= 15 is 0 Å². The van der Waals surface area contributed by atoms with Crippen LogP contribution in [0.1, 0.15) is 11.7 Å². The molecule has 3 atom stereocenters. The summed E-state index contributed by atoms with van der Waals surface area (Å²) in [5.41, 5.74) is 1.52. The normalized spacial score (nSPS) is 23.4. The van der Waals surface area contributed by atoms with Crippen LogP contribution in [0.4, 0.5) is 4.39 Å². The number of nitrogens with one attached hydrogen (secondary N) is 1. The van der Waals surface area contributed by atoms with E-state index in [2.05, 4.69) is 20.2 Å². The minimum atomic E-state index is -0.578. The Kier molecular flexibility index (Phi) is 5.75. The van der Waals surface area contributed by atoms with E-state index in [1.165, 1.54) is 6.07 Å². The first-order chi connectivity index (χ1) is 17.1. The summed E-state index contributed by atoms with van der Waals surface area (Å²) in [4.78, 5) is 23.3. The number of aromatic nitrogens is 3. The SMILES string of the molecule is O=c1ccc2ncc(F)c3c2n1[C@H](CN1C[C@H](CNCc2cc4c(cn2)OCCO4)[C@H](O)C1)CO3. The molecule has 0 radical (unpaired) electrons. The van der Waals surface area contributed by atoms with Crippen molar-refractivity contribution in [3.8, 4) is 17.2 Å². The second-order valence-electron chi connectivity index (χ2n) is 9.17. The summed E-state index contributed by atoms with van der Waals surface area (Å²) in [5.74, 6) is 0.873. The van der Waals surface area contributed by atoms with Crippen LogP contribution in [0.15, 0.2) is 35.4 Å². The van der Waals surface area contributed by atoms with Gasteiger partial charge in [-0.2, -0.15) is 0 Å². The molecule has 6 rings (SSSR count). The van der Waals surface area contributed by atoms with Crippen molar-refractivity contribution in [2.24, 2.45) is 5.92 Å². The van der Waals surface area contributed by atoms with Crippen LogP contribution in [0.25, 0.3) is 11.0 Å². The summed E-state index contributed by atoms with van der Waals surface area (Å²) in [7, 11) is 0. The Labute approximate surface area is 200 Å². The second-order valence-corrected chi connectivity index (χ2v) is 9.17. The fourth-order valence-electron chi connectivity index (χ4n) is 5.12. The van der Waals surface area contributed by atoms with Gasteiger partial charge in [-0.05, 0) is 6.07 Å². The topological polar surface area (TPSA) is 111 Å². The number of aliphatic hydroxyl groups is 1. The summed E-state index contributed by atoms with van der Waals surface area (Å²) < 4.78 is 32.7. The van der Waals surface area contributed by atoms with Gasteiger partial charge in [-0.15, -0.1) is 0 Å². The minimum absolute atomic E-state index is 0.0237. The minimum Gasteiger partial charge on any atom is -0.486 e. The number of aliphatic hydroxyl groups excluding tert-OH is 1. The second kappa shape index (κ2) is 9.06. The molecule has 0 bridgehead atoms. The molecule has 3 aromatic rings. The Morgan fingerprint density at radius 1 is 1.11 bits per heavy atom. The standard InChI is InChI=1S/C24H26FN5O5/c25-17-8-28-18-1-2-22(32)30-16(13-35-24(17)23(18)30)11-29-10-14(19(31)12-29)6-26-7-15-5-20-21(9-27-15)34-4-3-33-20/h1-2,5,8-9,14,16,19,26,31H,3-4,6-7,10-13H2/t14-,16+,19+/m0/s1. The maximum absolute atomic E-state index is 14.3. The van der Waals surface area contributed by atoms with Crippen LogP contribution in [0.5, 0.6) is 17.2 Å². The van der Waals surface area contributed by atoms with Crippen molar-refractivity contribution in [1.29, 1.82) is 0 Å². The zero-order valence-corrected chi connectivity index (χ0v) is 19.0. The van der Waals surface area contributed by atoms with Crippen molar-refractivity contribution >= 4 is 11.0 Å². The molecule has 3 aliphatic rings. The van der Waals surface area contributed by atoms with Crippen molar-refractivity contribution in [2.75, 3.05) is 46.0 Å². The van der Waals surface area contributed by atoms with Crippen molar-refractivity contribution in [3.63, 3.8) is 0 Å². The van der Waals surface area contributed by atoms with Gasteiger partial charge in [-0.1, -0.05) is 0 Å². The van der Waals surface area contributed by atoms with Crippen LogP contribution in [0, 0.1) is 11.7 Å². The van der Waals surface area contributed by atoms with Gasteiger partial charge in [0.1, 0.15) is 25.3 Å². The van der Waals surface area contributed by atoms with Crippen LogP contribution >= 0.6 is 0 Å². The number of hydrogen-bond donors (Lipinski definition) is 2. The summed E-state index contributed by atoms with van der Waals surface area (Å²) in [5, 5.41) is 14.0. The van der Waals surface area contributed by atoms with Crippen LogP contribution in [-0.2, 0) is 6.54 Å². The summed E-state index contributed by atoms with van der Waals surface area (Å²) in [6, 6.07) is 4.60. The molecule has 184 valence electrons. The molecule has 10 nitrogen and oxygen atoms in total. The van der Waals surface area contributed by atoms with E-state index in [1.807, 2.05) is 6.07 Å². The highest BCUT2D eigenvalue weighted by atomic mass is 19.1. The van der Waals surface area contributed by atoms with Gasteiger partial charge >= 0.3 is 0 Å². The maximum Gasteiger partial charge on any atom is 0.251 e. The lowest BCUT2D eigenvalue weighted by Gasteiger charge is -2.30. The Bertz CT molecular complexity index is 1320. The van der Waals surface area contributed by atoms with Crippen LogP contribution in [-0.4, -0.2) is 76.6 Å². The van der Waals surface area contributed by atoms with Crippen molar-refractivity contribution in [2.45, 2.75) is 18.7 Å². The van der Waals surface area contributed by atoms with E-state index in [9.17, 15) is 14.3 Å². The first kappa shape index (κ1) is 22.2. The third-order valence-electron chi connectivity index (χ3n) is 6.79.